The number of aliphatic hydroxyl groups is 1. The van der Waals surface area contributed by atoms with E-state index in [0.29, 0.717) is 17.3 Å². The van der Waals surface area contributed by atoms with E-state index in [4.69, 9.17) is 9.97 Å². The quantitative estimate of drug-likeness (QED) is 0.236. The Labute approximate surface area is 223 Å². The maximum absolute atomic E-state index is 12.9. The molecule has 3 N–H and O–H groups in total. The Morgan fingerprint density at radius 1 is 1.08 bits per heavy atom. The van der Waals surface area contributed by atoms with Gasteiger partial charge in [-0.15, -0.1) is 11.3 Å². The number of fused-ring (bicyclic) bond motifs is 1. The second kappa shape index (κ2) is 10.1. The van der Waals surface area contributed by atoms with Crippen LogP contribution < -0.4 is 10.6 Å². The summed E-state index contributed by atoms with van der Waals surface area (Å²) in [6.45, 7) is 6.64. The Kier molecular flexibility index (Phi) is 7.04. The molecule has 0 spiro atoms. The number of hydrogen-bond acceptors (Lipinski definition) is 7. The third kappa shape index (κ3) is 5.19. The maximum Gasteiger partial charge on any atom is 0.416 e. The molecule has 0 saturated heterocycles. The largest absolute Gasteiger partial charge is 0.416 e. The number of halogens is 3. The second-order valence-corrected chi connectivity index (χ2v) is 11.2. The van der Waals surface area contributed by atoms with Gasteiger partial charge in [0.15, 0.2) is 0 Å². The predicted octanol–water partition coefficient (Wildman–Crippen LogP) is 6.90. The van der Waals surface area contributed by atoms with Crippen molar-refractivity contribution in [3.63, 3.8) is 0 Å². The molecule has 5 rings (SSSR count). The van der Waals surface area contributed by atoms with E-state index in [1.165, 1.54) is 12.1 Å². The predicted molar refractivity (Wildman–Crippen MR) is 145 cm³/mol. The van der Waals surface area contributed by atoms with Crippen LogP contribution in [0.25, 0.3) is 20.8 Å². The van der Waals surface area contributed by atoms with E-state index in [1.807, 2.05) is 31.2 Å². The minimum absolute atomic E-state index is 0.145. The fraction of sp³-hybridized carbons (Fsp3) is 0.393. The lowest BCUT2D eigenvalue weighted by Crippen LogP contribution is -2.40. The molecule has 2 aromatic heterocycles. The molecule has 1 aliphatic rings. The van der Waals surface area contributed by atoms with Gasteiger partial charge >= 0.3 is 6.18 Å². The van der Waals surface area contributed by atoms with Crippen LogP contribution >= 0.6 is 11.3 Å². The van der Waals surface area contributed by atoms with Crippen LogP contribution in [0.4, 0.5) is 24.9 Å². The van der Waals surface area contributed by atoms with Gasteiger partial charge in [-0.2, -0.15) is 18.2 Å². The number of alkyl halides is 3. The first-order chi connectivity index (χ1) is 18.1. The SMILES string of the molecule is Cc1nc(NCc2ccc(C(F)(F)F)cc2)nc(NC2(C)CCC(CO)C2C)c1-c1nc2ccccc2s1. The molecule has 1 saturated carbocycles. The fourth-order valence-corrected chi connectivity index (χ4v) is 6.21. The van der Waals surface area contributed by atoms with Crippen LogP contribution in [0.15, 0.2) is 48.5 Å². The van der Waals surface area contributed by atoms with Crippen LogP contribution in [0, 0.1) is 18.8 Å². The molecule has 3 unspecified atom stereocenters. The average molecular weight is 542 g/mol. The molecule has 38 heavy (non-hydrogen) atoms. The number of hydrogen-bond donors (Lipinski definition) is 3. The third-order valence-electron chi connectivity index (χ3n) is 7.71. The lowest BCUT2D eigenvalue weighted by Gasteiger charge is -2.34. The summed E-state index contributed by atoms with van der Waals surface area (Å²) in [5, 5.41) is 17.5. The zero-order valence-electron chi connectivity index (χ0n) is 21.4. The highest BCUT2D eigenvalue weighted by Gasteiger charge is 2.43. The van der Waals surface area contributed by atoms with Crippen molar-refractivity contribution in [2.24, 2.45) is 11.8 Å². The molecule has 0 aliphatic heterocycles. The van der Waals surface area contributed by atoms with E-state index < -0.39 is 11.7 Å². The molecule has 2 aromatic carbocycles. The Morgan fingerprint density at radius 3 is 2.47 bits per heavy atom. The Bertz CT molecular complexity index is 1410. The van der Waals surface area contributed by atoms with E-state index in [2.05, 4.69) is 29.5 Å². The molecule has 0 radical (unpaired) electrons. The van der Waals surface area contributed by atoms with Gasteiger partial charge in [0.25, 0.3) is 0 Å². The summed E-state index contributed by atoms with van der Waals surface area (Å²) < 4.78 is 39.8. The molecule has 0 amide bonds. The minimum Gasteiger partial charge on any atom is -0.396 e. The van der Waals surface area contributed by atoms with Crippen LogP contribution in [-0.2, 0) is 12.7 Å². The van der Waals surface area contributed by atoms with Crippen molar-refractivity contribution in [3.8, 4) is 10.6 Å². The first-order valence-corrected chi connectivity index (χ1v) is 13.4. The summed E-state index contributed by atoms with van der Waals surface area (Å²) in [5.74, 6) is 1.45. The summed E-state index contributed by atoms with van der Waals surface area (Å²) in [6, 6.07) is 13.0. The fourth-order valence-electron chi connectivity index (χ4n) is 5.15. The van der Waals surface area contributed by atoms with Crippen molar-refractivity contribution < 1.29 is 18.3 Å². The second-order valence-electron chi connectivity index (χ2n) is 10.2. The first kappa shape index (κ1) is 26.4. The van der Waals surface area contributed by atoms with E-state index >= 15 is 0 Å². The van der Waals surface area contributed by atoms with Gasteiger partial charge in [0, 0.05) is 18.7 Å². The maximum atomic E-state index is 12.9. The number of thiazole rings is 1. The smallest absolute Gasteiger partial charge is 0.396 e. The molecule has 0 bridgehead atoms. The monoisotopic (exact) mass is 541 g/mol. The van der Waals surface area contributed by atoms with Gasteiger partial charge in [0.05, 0.1) is 27.0 Å². The zero-order chi connectivity index (χ0) is 27.1. The van der Waals surface area contributed by atoms with Crippen molar-refractivity contribution in [2.75, 3.05) is 17.2 Å². The van der Waals surface area contributed by atoms with Gasteiger partial charge < -0.3 is 15.7 Å². The molecular formula is C28H30F3N5OS. The number of benzene rings is 2. The molecule has 2 heterocycles. The lowest BCUT2D eigenvalue weighted by molar-refractivity contribution is -0.137. The summed E-state index contributed by atoms with van der Waals surface area (Å²) in [6.07, 6.45) is -2.57. The van der Waals surface area contributed by atoms with Gasteiger partial charge in [-0.25, -0.2) is 9.97 Å². The van der Waals surface area contributed by atoms with Crippen molar-refractivity contribution in [1.82, 2.24) is 15.0 Å². The van der Waals surface area contributed by atoms with E-state index in [1.54, 1.807) is 11.3 Å². The van der Waals surface area contributed by atoms with Crippen LogP contribution in [0.3, 0.4) is 0 Å². The Morgan fingerprint density at radius 2 is 1.82 bits per heavy atom. The first-order valence-electron chi connectivity index (χ1n) is 12.6. The van der Waals surface area contributed by atoms with E-state index in [9.17, 15) is 18.3 Å². The average Bonchev–Trinajstić information content (AvgIpc) is 3.42. The van der Waals surface area contributed by atoms with Crippen molar-refractivity contribution in [2.45, 2.75) is 51.9 Å². The summed E-state index contributed by atoms with van der Waals surface area (Å²) in [7, 11) is 0. The zero-order valence-corrected chi connectivity index (χ0v) is 22.2. The normalized spacial score (nSPS) is 21.7. The van der Waals surface area contributed by atoms with Gasteiger partial charge in [-0.1, -0.05) is 31.2 Å². The Hall–Kier alpha value is -3.24. The van der Waals surface area contributed by atoms with Crippen LogP contribution in [-0.4, -0.2) is 32.2 Å². The molecule has 10 heteroatoms. The molecule has 6 nitrogen and oxygen atoms in total. The number of nitrogens with zero attached hydrogens (tertiary/aromatic N) is 3. The number of nitrogens with one attached hydrogen (secondary N) is 2. The van der Waals surface area contributed by atoms with Crippen LogP contribution in [0.2, 0.25) is 0 Å². The number of aliphatic hydroxyl groups excluding tert-OH is 1. The number of anilines is 2. The standard InChI is InChI=1S/C28H30F3N5OS/c1-16-19(15-37)12-13-27(16,3)36-24-23(25-34-21-6-4-5-7-22(21)38-25)17(2)33-26(35-24)32-14-18-8-10-20(11-9-18)28(29,30)31/h4-11,16,19,37H,12-15H2,1-3H3,(H2,32,33,35,36). The molecule has 4 aromatic rings. The third-order valence-corrected chi connectivity index (χ3v) is 8.77. The number of aromatic nitrogens is 3. The summed E-state index contributed by atoms with van der Waals surface area (Å²) in [4.78, 5) is 14.4. The number of aryl methyl sites for hydroxylation is 1. The van der Waals surface area contributed by atoms with Gasteiger partial charge in [-0.3, -0.25) is 0 Å². The molecule has 1 fully saturated rings. The van der Waals surface area contributed by atoms with Crippen molar-refractivity contribution in [1.29, 1.82) is 0 Å². The summed E-state index contributed by atoms with van der Waals surface area (Å²) in [5.41, 5.74) is 2.19. The van der Waals surface area contributed by atoms with Gasteiger partial charge in [0.2, 0.25) is 5.95 Å². The van der Waals surface area contributed by atoms with Crippen molar-refractivity contribution >= 4 is 33.3 Å². The Balaban J connectivity index is 1.48. The molecule has 200 valence electrons. The number of rotatable bonds is 7. The topological polar surface area (TPSA) is 83.0 Å². The van der Waals surface area contributed by atoms with E-state index in [-0.39, 0.29) is 30.5 Å². The highest BCUT2D eigenvalue weighted by atomic mass is 32.1. The molecular weight excluding hydrogens is 511 g/mol. The molecule has 3 atom stereocenters. The summed E-state index contributed by atoms with van der Waals surface area (Å²) >= 11 is 1.58. The molecule has 1 aliphatic carbocycles. The van der Waals surface area contributed by atoms with E-state index in [0.717, 1.165) is 51.5 Å². The number of para-hydroxylation sites is 1. The van der Waals surface area contributed by atoms with Crippen LogP contribution in [0.5, 0.6) is 0 Å². The highest BCUT2D eigenvalue weighted by molar-refractivity contribution is 7.21. The lowest BCUT2D eigenvalue weighted by atomic mass is 9.86. The minimum atomic E-state index is -4.37. The van der Waals surface area contributed by atoms with Gasteiger partial charge in [-0.05, 0) is 68.4 Å². The van der Waals surface area contributed by atoms with Crippen molar-refractivity contribution in [3.05, 3.63) is 65.4 Å². The van der Waals surface area contributed by atoms with Gasteiger partial charge in [0.1, 0.15) is 10.8 Å². The highest BCUT2D eigenvalue weighted by Crippen LogP contribution is 2.44. The van der Waals surface area contributed by atoms with Crippen LogP contribution in [0.1, 0.15) is 43.5 Å².